The molecule has 1 rings (SSSR count). The van der Waals surface area contributed by atoms with E-state index in [4.69, 9.17) is 21.4 Å². The topological polar surface area (TPSA) is 41.5 Å². The summed E-state index contributed by atoms with van der Waals surface area (Å²) < 4.78 is 5.49. The maximum atomic E-state index is 8.94. The van der Waals surface area contributed by atoms with Gasteiger partial charge in [0, 0.05) is 12.1 Å². The molecule has 1 atom stereocenters. The van der Waals surface area contributed by atoms with Gasteiger partial charge in [-0.05, 0) is 45.4 Å². The third-order valence-corrected chi connectivity index (χ3v) is 2.70. The van der Waals surface area contributed by atoms with Crippen LogP contribution in [-0.2, 0) is 6.54 Å². The lowest BCUT2D eigenvalue weighted by Crippen LogP contribution is -2.35. The molecule has 1 aromatic carbocycles. The monoisotopic (exact) mass is 271 g/mol. The van der Waals surface area contributed by atoms with Crippen molar-refractivity contribution in [1.82, 2.24) is 5.32 Å². The number of benzene rings is 1. The minimum Gasteiger partial charge on any atom is -0.487 e. The first-order chi connectivity index (χ1) is 8.31. The Bertz CT molecular complexity index is 388. The Labute approximate surface area is 114 Å². The Morgan fingerprint density at radius 2 is 2.06 bits per heavy atom. The lowest BCUT2D eigenvalue weighted by atomic mass is 10.1. The van der Waals surface area contributed by atoms with Crippen molar-refractivity contribution in [1.29, 1.82) is 0 Å². The molecule has 0 aliphatic rings. The fourth-order valence-electron chi connectivity index (χ4n) is 1.37. The predicted molar refractivity (Wildman–Crippen MR) is 75.2 cm³/mol. The molecule has 0 saturated carbocycles. The molecule has 3 nitrogen and oxygen atoms in total. The van der Waals surface area contributed by atoms with Gasteiger partial charge in [-0.25, -0.2) is 0 Å². The van der Waals surface area contributed by atoms with E-state index in [9.17, 15) is 0 Å². The summed E-state index contributed by atoms with van der Waals surface area (Å²) >= 11 is 6.15. The summed E-state index contributed by atoms with van der Waals surface area (Å²) in [4.78, 5) is 0. The molecule has 18 heavy (non-hydrogen) atoms. The van der Waals surface area contributed by atoms with Crippen molar-refractivity contribution >= 4 is 11.6 Å². The molecule has 0 aliphatic carbocycles. The summed E-state index contributed by atoms with van der Waals surface area (Å²) in [6.07, 6.45) is -0.249. The van der Waals surface area contributed by atoms with Crippen LogP contribution in [0.4, 0.5) is 0 Å². The SMILES string of the molecule is CC(CO)Oc1ccc(CNC(C)(C)C)cc1Cl. The number of ether oxygens (including phenoxy) is 1. The number of aliphatic hydroxyl groups excluding tert-OH is 1. The van der Waals surface area contributed by atoms with Crippen LogP contribution in [0.3, 0.4) is 0 Å². The molecule has 1 unspecified atom stereocenters. The molecular formula is C14H22ClNO2. The summed E-state index contributed by atoms with van der Waals surface area (Å²) in [5.74, 6) is 0.609. The number of hydrogen-bond donors (Lipinski definition) is 2. The average Bonchev–Trinajstić information content (AvgIpc) is 2.28. The second-order valence-electron chi connectivity index (χ2n) is 5.48. The van der Waals surface area contributed by atoms with Crippen molar-refractivity contribution in [2.45, 2.75) is 45.9 Å². The van der Waals surface area contributed by atoms with Gasteiger partial charge in [-0.15, -0.1) is 0 Å². The standard InChI is InChI=1S/C14H22ClNO2/c1-10(9-17)18-13-6-5-11(7-12(13)15)8-16-14(2,3)4/h5-7,10,16-17H,8-9H2,1-4H3. The highest BCUT2D eigenvalue weighted by Gasteiger charge is 2.10. The third-order valence-electron chi connectivity index (χ3n) is 2.40. The zero-order valence-electron chi connectivity index (χ0n) is 11.5. The van der Waals surface area contributed by atoms with Crippen molar-refractivity contribution in [2.24, 2.45) is 0 Å². The van der Waals surface area contributed by atoms with Gasteiger partial charge in [0.15, 0.2) is 0 Å². The smallest absolute Gasteiger partial charge is 0.138 e. The number of hydrogen-bond acceptors (Lipinski definition) is 3. The molecule has 0 radical (unpaired) electrons. The Balaban J connectivity index is 2.67. The quantitative estimate of drug-likeness (QED) is 0.865. The zero-order chi connectivity index (χ0) is 13.8. The van der Waals surface area contributed by atoms with E-state index in [-0.39, 0.29) is 18.2 Å². The van der Waals surface area contributed by atoms with Crippen molar-refractivity contribution in [3.63, 3.8) is 0 Å². The normalized spacial score (nSPS) is 13.4. The van der Waals surface area contributed by atoms with Gasteiger partial charge in [0.05, 0.1) is 11.6 Å². The highest BCUT2D eigenvalue weighted by molar-refractivity contribution is 6.32. The second kappa shape index (κ2) is 6.41. The Morgan fingerprint density at radius 3 is 2.56 bits per heavy atom. The van der Waals surface area contributed by atoms with Crippen LogP contribution in [0.5, 0.6) is 5.75 Å². The molecule has 0 bridgehead atoms. The lowest BCUT2D eigenvalue weighted by molar-refractivity contribution is 0.130. The molecule has 0 spiro atoms. The fourth-order valence-corrected chi connectivity index (χ4v) is 1.62. The van der Waals surface area contributed by atoms with E-state index in [2.05, 4.69) is 26.1 Å². The fraction of sp³-hybridized carbons (Fsp3) is 0.571. The van der Waals surface area contributed by atoms with Crippen molar-refractivity contribution in [2.75, 3.05) is 6.61 Å². The molecule has 2 N–H and O–H groups in total. The summed E-state index contributed by atoms with van der Waals surface area (Å²) in [5, 5.41) is 12.9. The van der Waals surface area contributed by atoms with Crippen LogP contribution in [0.25, 0.3) is 0 Å². The van der Waals surface area contributed by atoms with Gasteiger partial charge in [0.2, 0.25) is 0 Å². The van der Waals surface area contributed by atoms with Gasteiger partial charge in [-0.3, -0.25) is 0 Å². The second-order valence-corrected chi connectivity index (χ2v) is 5.89. The van der Waals surface area contributed by atoms with Crippen molar-refractivity contribution < 1.29 is 9.84 Å². The molecule has 0 aromatic heterocycles. The van der Waals surface area contributed by atoms with E-state index in [0.717, 1.165) is 12.1 Å². The molecule has 0 amide bonds. The Kier molecular flexibility index (Phi) is 5.45. The number of halogens is 1. The third kappa shape index (κ3) is 5.25. The van der Waals surface area contributed by atoms with Crippen LogP contribution >= 0.6 is 11.6 Å². The first-order valence-corrected chi connectivity index (χ1v) is 6.50. The van der Waals surface area contributed by atoms with Crippen LogP contribution in [0.2, 0.25) is 5.02 Å². The molecule has 0 aliphatic heterocycles. The van der Waals surface area contributed by atoms with E-state index in [1.807, 2.05) is 18.2 Å². The van der Waals surface area contributed by atoms with E-state index in [0.29, 0.717) is 10.8 Å². The summed E-state index contributed by atoms with van der Waals surface area (Å²) in [6, 6.07) is 5.71. The molecule has 102 valence electrons. The highest BCUT2D eigenvalue weighted by atomic mass is 35.5. The van der Waals surface area contributed by atoms with Gasteiger partial charge in [0.25, 0.3) is 0 Å². The summed E-state index contributed by atoms with van der Waals surface area (Å²) in [7, 11) is 0. The molecule has 0 fully saturated rings. The van der Waals surface area contributed by atoms with E-state index < -0.39 is 0 Å². The summed E-state index contributed by atoms with van der Waals surface area (Å²) in [5.41, 5.74) is 1.19. The molecular weight excluding hydrogens is 250 g/mol. The number of aliphatic hydroxyl groups is 1. The maximum absolute atomic E-state index is 8.94. The maximum Gasteiger partial charge on any atom is 0.138 e. The van der Waals surface area contributed by atoms with Crippen LogP contribution < -0.4 is 10.1 Å². The summed E-state index contributed by atoms with van der Waals surface area (Å²) in [6.45, 7) is 8.90. The largest absolute Gasteiger partial charge is 0.487 e. The highest BCUT2D eigenvalue weighted by Crippen LogP contribution is 2.26. The first kappa shape index (κ1) is 15.3. The van der Waals surface area contributed by atoms with Crippen molar-refractivity contribution in [3.05, 3.63) is 28.8 Å². The number of nitrogens with one attached hydrogen (secondary N) is 1. The molecule has 1 aromatic rings. The minimum atomic E-state index is -0.249. The van der Waals surface area contributed by atoms with Crippen molar-refractivity contribution in [3.8, 4) is 5.75 Å². The Morgan fingerprint density at radius 1 is 1.39 bits per heavy atom. The number of rotatable bonds is 5. The van der Waals surface area contributed by atoms with Gasteiger partial charge < -0.3 is 15.2 Å². The average molecular weight is 272 g/mol. The van der Waals surface area contributed by atoms with E-state index in [1.165, 1.54) is 0 Å². The van der Waals surface area contributed by atoms with Crippen LogP contribution in [0, 0.1) is 0 Å². The van der Waals surface area contributed by atoms with Gasteiger partial charge in [0.1, 0.15) is 11.9 Å². The lowest BCUT2D eigenvalue weighted by Gasteiger charge is -2.21. The molecule has 0 saturated heterocycles. The molecule has 0 heterocycles. The molecule has 4 heteroatoms. The van der Waals surface area contributed by atoms with Gasteiger partial charge in [-0.2, -0.15) is 0 Å². The first-order valence-electron chi connectivity index (χ1n) is 6.13. The van der Waals surface area contributed by atoms with Gasteiger partial charge >= 0.3 is 0 Å². The van der Waals surface area contributed by atoms with E-state index >= 15 is 0 Å². The van der Waals surface area contributed by atoms with Gasteiger partial charge in [-0.1, -0.05) is 17.7 Å². The van der Waals surface area contributed by atoms with Crippen LogP contribution in [0.15, 0.2) is 18.2 Å². The van der Waals surface area contributed by atoms with Crippen LogP contribution in [0.1, 0.15) is 33.3 Å². The minimum absolute atomic E-state index is 0.0241. The Hall–Kier alpha value is -0.770. The predicted octanol–water partition coefficient (Wildman–Crippen LogP) is 2.99. The van der Waals surface area contributed by atoms with E-state index in [1.54, 1.807) is 6.92 Å². The zero-order valence-corrected chi connectivity index (χ0v) is 12.2. The van der Waals surface area contributed by atoms with Crippen LogP contribution in [-0.4, -0.2) is 23.4 Å².